The van der Waals surface area contributed by atoms with E-state index in [1.807, 2.05) is 0 Å². The number of amides is 2. The average Bonchev–Trinajstić information content (AvgIpc) is 3.07. The van der Waals surface area contributed by atoms with Gasteiger partial charge in [0.15, 0.2) is 0 Å². The fourth-order valence-electron chi connectivity index (χ4n) is 1.49. The molecule has 5 nitrogen and oxygen atoms in total. The summed E-state index contributed by atoms with van der Waals surface area (Å²) in [5.41, 5.74) is 0.504. The van der Waals surface area contributed by atoms with Crippen LogP contribution in [0.2, 0.25) is 5.15 Å². The molecule has 17 heavy (non-hydrogen) atoms. The van der Waals surface area contributed by atoms with Crippen molar-refractivity contribution in [2.45, 2.75) is 12.8 Å². The maximum absolute atomic E-state index is 11.5. The van der Waals surface area contributed by atoms with Gasteiger partial charge in [-0.1, -0.05) is 11.6 Å². The summed E-state index contributed by atoms with van der Waals surface area (Å²) in [5, 5.41) is 14.8. The summed E-state index contributed by atoms with van der Waals surface area (Å²) < 4.78 is 0. The molecule has 0 saturated heterocycles. The second kappa shape index (κ2) is 4.89. The van der Waals surface area contributed by atoms with Gasteiger partial charge in [0.25, 0.3) is 0 Å². The van der Waals surface area contributed by atoms with Gasteiger partial charge in [-0.05, 0) is 25.0 Å². The first-order chi connectivity index (χ1) is 8.13. The van der Waals surface area contributed by atoms with Crippen LogP contribution in [-0.4, -0.2) is 29.3 Å². The van der Waals surface area contributed by atoms with Crippen LogP contribution in [0.3, 0.4) is 0 Å². The van der Waals surface area contributed by atoms with Crippen molar-refractivity contribution in [1.29, 1.82) is 0 Å². The van der Waals surface area contributed by atoms with Crippen molar-refractivity contribution >= 4 is 23.3 Å². The molecule has 1 aromatic heterocycles. The minimum absolute atomic E-state index is 0.0901. The van der Waals surface area contributed by atoms with Crippen LogP contribution in [0.5, 0.6) is 0 Å². The number of aliphatic hydroxyl groups is 1. The molecular weight excluding hydrogens is 242 g/mol. The molecule has 0 atom stereocenters. The third-order valence-corrected chi connectivity index (χ3v) is 3.11. The molecule has 2 amide bonds. The quantitative estimate of drug-likeness (QED) is 0.716. The van der Waals surface area contributed by atoms with Crippen molar-refractivity contribution in [2.24, 2.45) is 5.41 Å². The second-order valence-electron chi connectivity index (χ2n) is 4.33. The molecular formula is C11H14ClN3O2. The SMILES string of the molecule is O=C(NCC1(CO)CC1)Nc1ccnc(Cl)c1. The molecule has 0 radical (unpaired) electrons. The van der Waals surface area contributed by atoms with E-state index in [0.717, 1.165) is 12.8 Å². The van der Waals surface area contributed by atoms with Crippen molar-refractivity contribution in [2.75, 3.05) is 18.5 Å². The molecule has 3 N–H and O–H groups in total. The van der Waals surface area contributed by atoms with Gasteiger partial charge in [-0.3, -0.25) is 0 Å². The lowest BCUT2D eigenvalue weighted by Gasteiger charge is -2.13. The maximum atomic E-state index is 11.5. The Morgan fingerprint density at radius 1 is 1.59 bits per heavy atom. The Labute approximate surface area is 104 Å². The highest BCUT2D eigenvalue weighted by molar-refractivity contribution is 6.29. The Morgan fingerprint density at radius 2 is 2.35 bits per heavy atom. The third kappa shape index (κ3) is 3.31. The van der Waals surface area contributed by atoms with E-state index in [2.05, 4.69) is 15.6 Å². The number of rotatable bonds is 4. The van der Waals surface area contributed by atoms with Crippen LogP contribution in [0.1, 0.15) is 12.8 Å². The number of urea groups is 1. The zero-order valence-electron chi connectivity index (χ0n) is 9.24. The maximum Gasteiger partial charge on any atom is 0.319 e. The number of hydrogen-bond acceptors (Lipinski definition) is 3. The van der Waals surface area contributed by atoms with E-state index in [1.54, 1.807) is 12.1 Å². The predicted molar refractivity (Wildman–Crippen MR) is 65.0 cm³/mol. The number of aliphatic hydroxyl groups excluding tert-OH is 1. The van der Waals surface area contributed by atoms with E-state index in [4.69, 9.17) is 16.7 Å². The molecule has 2 rings (SSSR count). The zero-order chi connectivity index (χ0) is 12.3. The number of carbonyl (C=O) groups excluding carboxylic acids is 1. The molecule has 1 fully saturated rings. The van der Waals surface area contributed by atoms with E-state index in [1.165, 1.54) is 6.20 Å². The van der Waals surface area contributed by atoms with Gasteiger partial charge in [0.05, 0.1) is 6.61 Å². The summed E-state index contributed by atoms with van der Waals surface area (Å²) in [5.74, 6) is 0. The van der Waals surface area contributed by atoms with Gasteiger partial charge >= 0.3 is 6.03 Å². The normalized spacial score (nSPS) is 16.4. The number of anilines is 1. The lowest BCUT2D eigenvalue weighted by molar-refractivity contribution is 0.206. The van der Waals surface area contributed by atoms with Crippen molar-refractivity contribution < 1.29 is 9.90 Å². The first-order valence-corrected chi connectivity index (χ1v) is 5.79. The first-order valence-electron chi connectivity index (χ1n) is 5.41. The summed E-state index contributed by atoms with van der Waals surface area (Å²) >= 11 is 5.69. The summed E-state index contributed by atoms with van der Waals surface area (Å²) in [7, 11) is 0. The van der Waals surface area contributed by atoms with E-state index in [0.29, 0.717) is 17.4 Å². The highest BCUT2D eigenvalue weighted by atomic mass is 35.5. The Morgan fingerprint density at radius 3 is 2.94 bits per heavy atom. The molecule has 0 spiro atoms. The Kier molecular flexibility index (Phi) is 3.49. The fourth-order valence-corrected chi connectivity index (χ4v) is 1.66. The van der Waals surface area contributed by atoms with Crippen molar-refractivity contribution in [3.05, 3.63) is 23.5 Å². The van der Waals surface area contributed by atoms with Crippen molar-refractivity contribution in [3.63, 3.8) is 0 Å². The Hall–Kier alpha value is -1.33. The van der Waals surface area contributed by atoms with E-state index in [-0.39, 0.29) is 18.1 Å². The highest BCUT2D eigenvalue weighted by Crippen LogP contribution is 2.44. The van der Waals surface area contributed by atoms with Gasteiger partial charge < -0.3 is 15.7 Å². The molecule has 0 unspecified atom stereocenters. The molecule has 1 aliphatic carbocycles. The van der Waals surface area contributed by atoms with Gasteiger partial charge in [-0.2, -0.15) is 0 Å². The van der Waals surface area contributed by atoms with Gasteiger partial charge in [-0.15, -0.1) is 0 Å². The Balaban J connectivity index is 1.81. The molecule has 1 heterocycles. The number of nitrogens with zero attached hydrogens (tertiary/aromatic N) is 1. The van der Waals surface area contributed by atoms with E-state index in [9.17, 15) is 4.79 Å². The van der Waals surface area contributed by atoms with Gasteiger partial charge in [0.2, 0.25) is 0 Å². The second-order valence-corrected chi connectivity index (χ2v) is 4.72. The van der Waals surface area contributed by atoms with Gasteiger partial charge in [-0.25, -0.2) is 9.78 Å². The fraction of sp³-hybridized carbons (Fsp3) is 0.455. The number of nitrogens with one attached hydrogen (secondary N) is 2. The lowest BCUT2D eigenvalue weighted by Crippen LogP contribution is -2.35. The molecule has 6 heteroatoms. The van der Waals surface area contributed by atoms with Crippen LogP contribution in [0, 0.1) is 5.41 Å². The monoisotopic (exact) mass is 255 g/mol. The van der Waals surface area contributed by atoms with Crippen LogP contribution < -0.4 is 10.6 Å². The third-order valence-electron chi connectivity index (χ3n) is 2.90. The van der Waals surface area contributed by atoms with Crippen LogP contribution in [0.25, 0.3) is 0 Å². The molecule has 92 valence electrons. The first kappa shape index (κ1) is 12.1. The standard InChI is InChI=1S/C11H14ClN3O2/c12-9-5-8(1-4-13-9)15-10(17)14-6-11(7-16)2-3-11/h1,4-5,16H,2-3,6-7H2,(H2,13,14,15,17). The smallest absolute Gasteiger partial charge is 0.319 e. The van der Waals surface area contributed by atoms with Crippen LogP contribution in [-0.2, 0) is 0 Å². The summed E-state index contributed by atoms with van der Waals surface area (Å²) in [6.45, 7) is 0.614. The minimum atomic E-state index is -0.299. The number of aromatic nitrogens is 1. The van der Waals surface area contributed by atoms with Crippen LogP contribution in [0.15, 0.2) is 18.3 Å². The average molecular weight is 256 g/mol. The van der Waals surface area contributed by atoms with E-state index >= 15 is 0 Å². The van der Waals surface area contributed by atoms with E-state index < -0.39 is 0 Å². The topological polar surface area (TPSA) is 74.2 Å². The lowest BCUT2D eigenvalue weighted by atomic mass is 10.1. The largest absolute Gasteiger partial charge is 0.396 e. The highest BCUT2D eigenvalue weighted by Gasteiger charge is 2.42. The van der Waals surface area contributed by atoms with Gasteiger partial charge in [0.1, 0.15) is 5.15 Å². The summed E-state index contributed by atoms with van der Waals surface area (Å²) in [6, 6.07) is 2.93. The predicted octanol–water partition coefficient (Wildman–Crippen LogP) is 1.63. The van der Waals surface area contributed by atoms with Crippen molar-refractivity contribution in [1.82, 2.24) is 10.3 Å². The number of halogens is 1. The number of carbonyl (C=O) groups is 1. The molecule has 0 aromatic carbocycles. The molecule has 0 bridgehead atoms. The Bertz CT molecular complexity index is 421. The molecule has 1 saturated carbocycles. The molecule has 0 aliphatic heterocycles. The van der Waals surface area contributed by atoms with Gasteiger partial charge in [0, 0.05) is 23.8 Å². The number of pyridine rings is 1. The van der Waals surface area contributed by atoms with Crippen LogP contribution in [0.4, 0.5) is 10.5 Å². The zero-order valence-corrected chi connectivity index (χ0v) is 10.00. The summed E-state index contributed by atoms with van der Waals surface area (Å²) in [4.78, 5) is 15.4. The molecule has 1 aliphatic rings. The minimum Gasteiger partial charge on any atom is -0.396 e. The van der Waals surface area contributed by atoms with Crippen molar-refractivity contribution in [3.8, 4) is 0 Å². The number of hydrogen-bond donors (Lipinski definition) is 3. The summed E-state index contributed by atoms with van der Waals surface area (Å²) in [6.07, 6.45) is 3.45. The van der Waals surface area contributed by atoms with Crippen LogP contribution >= 0.6 is 11.6 Å². The molecule has 1 aromatic rings.